The molecule has 7 heteroatoms. The van der Waals surface area contributed by atoms with Crippen molar-refractivity contribution < 1.29 is 13.2 Å². The Labute approximate surface area is 105 Å². The Balaban J connectivity index is 2.55. The van der Waals surface area contributed by atoms with Crippen LogP contribution in [0.15, 0.2) is 29.1 Å². The average Bonchev–Trinajstić information content (AvgIpc) is 2.64. The van der Waals surface area contributed by atoms with E-state index in [1.54, 1.807) is 13.0 Å². The molecule has 0 unspecified atom stereocenters. The van der Waals surface area contributed by atoms with Gasteiger partial charge in [0, 0.05) is 11.1 Å². The fraction of sp³-hybridized carbons (Fsp3) is 0.182. The molecule has 3 nitrogen and oxygen atoms in total. The zero-order valence-electron chi connectivity index (χ0n) is 9.18. The molecule has 0 saturated carbocycles. The smallest absolute Gasteiger partial charge is 0.286 e. The molecule has 2 rings (SSSR count). The summed E-state index contributed by atoms with van der Waals surface area (Å²) in [6, 6.07) is 5.07. The topological polar surface area (TPSA) is 37.8 Å². The quantitative estimate of drug-likeness (QED) is 0.854. The van der Waals surface area contributed by atoms with Gasteiger partial charge in [-0.25, -0.2) is 4.68 Å². The Morgan fingerprint density at radius 3 is 2.44 bits per heavy atom. The van der Waals surface area contributed by atoms with Crippen LogP contribution in [0.5, 0.6) is 0 Å². The lowest BCUT2D eigenvalue weighted by Crippen LogP contribution is -2.13. The number of aromatic nitrogens is 2. The normalized spacial score (nSPS) is 11.8. The minimum Gasteiger partial charge on any atom is -0.286 e. The SMILES string of the molecule is Cc1ccc(-n2[nH]c(C(F)(F)F)cc2=O)cc1Cl. The van der Waals surface area contributed by atoms with Gasteiger partial charge in [-0.2, -0.15) is 13.2 Å². The van der Waals surface area contributed by atoms with Gasteiger partial charge in [-0.3, -0.25) is 9.89 Å². The Kier molecular flexibility index (Phi) is 2.98. The number of alkyl halides is 3. The Morgan fingerprint density at radius 2 is 1.94 bits per heavy atom. The van der Waals surface area contributed by atoms with Gasteiger partial charge >= 0.3 is 6.18 Å². The van der Waals surface area contributed by atoms with Crippen molar-refractivity contribution in [3.05, 3.63) is 50.9 Å². The fourth-order valence-corrected chi connectivity index (χ4v) is 1.63. The summed E-state index contributed by atoms with van der Waals surface area (Å²) in [5.41, 5.74) is -0.853. The summed E-state index contributed by atoms with van der Waals surface area (Å²) in [6.45, 7) is 1.75. The van der Waals surface area contributed by atoms with Gasteiger partial charge in [0.25, 0.3) is 5.56 Å². The molecule has 1 aromatic heterocycles. The maximum Gasteiger partial charge on any atom is 0.432 e. The van der Waals surface area contributed by atoms with Gasteiger partial charge in [-0.05, 0) is 24.6 Å². The molecule has 0 bridgehead atoms. The molecular formula is C11H8ClF3N2O. The van der Waals surface area contributed by atoms with E-state index in [1.165, 1.54) is 12.1 Å². The van der Waals surface area contributed by atoms with Crippen LogP contribution in [0.2, 0.25) is 5.02 Å². The molecule has 0 aliphatic heterocycles. The number of aryl methyl sites for hydroxylation is 1. The zero-order chi connectivity index (χ0) is 13.5. The number of H-pyrrole nitrogens is 1. The summed E-state index contributed by atoms with van der Waals surface area (Å²) in [4.78, 5) is 11.5. The molecule has 0 radical (unpaired) electrons. The lowest BCUT2D eigenvalue weighted by Gasteiger charge is -2.05. The van der Waals surface area contributed by atoms with Crippen LogP contribution in [-0.2, 0) is 6.18 Å². The minimum atomic E-state index is -4.58. The number of nitrogens with one attached hydrogen (secondary N) is 1. The van der Waals surface area contributed by atoms with Gasteiger partial charge in [0.15, 0.2) is 0 Å². The molecule has 18 heavy (non-hydrogen) atoms. The third kappa shape index (κ3) is 2.28. The van der Waals surface area contributed by atoms with Crippen molar-refractivity contribution >= 4 is 11.6 Å². The van der Waals surface area contributed by atoms with E-state index >= 15 is 0 Å². The third-order valence-electron chi connectivity index (χ3n) is 2.44. The number of nitrogens with zero attached hydrogens (tertiary/aromatic N) is 1. The molecule has 0 spiro atoms. The summed E-state index contributed by atoms with van der Waals surface area (Å²) in [5, 5.41) is 2.38. The zero-order valence-corrected chi connectivity index (χ0v) is 9.93. The van der Waals surface area contributed by atoms with Crippen LogP contribution in [0, 0.1) is 6.92 Å². The predicted octanol–water partition coefficient (Wildman–Crippen LogP) is 3.15. The van der Waals surface area contributed by atoms with E-state index in [2.05, 4.69) is 0 Å². The molecule has 0 aliphatic rings. The van der Waals surface area contributed by atoms with Crippen LogP contribution < -0.4 is 5.56 Å². The van der Waals surface area contributed by atoms with Crippen molar-refractivity contribution in [3.8, 4) is 5.69 Å². The fourth-order valence-electron chi connectivity index (χ4n) is 1.45. The second kappa shape index (κ2) is 4.20. The van der Waals surface area contributed by atoms with E-state index in [-0.39, 0.29) is 5.69 Å². The standard InChI is InChI=1S/C11H8ClF3N2O/c1-6-2-3-7(4-8(6)12)17-10(18)5-9(16-17)11(13,14)15/h2-5,16H,1H3. The van der Waals surface area contributed by atoms with Crippen LogP contribution in [0.4, 0.5) is 13.2 Å². The van der Waals surface area contributed by atoms with Crippen molar-refractivity contribution in [2.75, 3.05) is 0 Å². The van der Waals surface area contributed by atoms with E-state index in [4.69, 9.17) is 11.6 Å². The van der Waals surface area contributed by atoms with Crippen LogP contribution in [0.25, 0.3) is 5.69 Å². The Hall–Kier alpha value is -1.69. The van der Waals surface area contributed by atoms with E-state index in [0.717, 1.165) is 10.2 Å². The first-order valence-electron chi connectivity index (χ1n) is 4.95. The molecule has 0 aliphatic carbocycles. The maximum absolute atomic E-state index is 12.4. The summed E-state index contributed by atoms with van der Waals surface area (Å²) in [7, 11) is 0. The highest BCUT2D eigenvalue weighted by atomic mass is 35.5. The minimum absolute atomic E-state index is 0.256. The monoisotopic (exact) mass is 276 g/mol. The average molecular weight is 277 g/mol. The second-order valence-corrected chi connectivity index (χ2v) is 4.18. The molecule has 96 valence electrons. The van der Waals surface area contributed by atoms with Crippen molar-refractivity contribution in [1.29, 1.82) is 0 Å². The van der Waals surface area contributed by atoms with Crippen LogP contribution in [0.3, 0.4) is 0 Å². The molecule has 1 heterocycles. The van der Waals surface area contributed by atoms with E-state index in [9.17, 15) is 18.0 Å². The van der Waals surface area contributed by atoms with E-state index in [1.807, 2.05) is 5.10 Å². The van der Waals surface area contributed by atoms with Gasteiger partial charge in [-0.15, -0.1) is 0 Å². The van der Waals surface area contributed by atoms with Crippen molar-refractivity contribution in [1.82, 2.24) is 9.78 Å². The lowest BCUT2D eigenvalue weighted by atomic mass is 10.2. The third-order valence-corrected chi connectivity index (χ3v) is 2.85. The summed E-state index contributed by atoms with van der Waals surface area (Å²) in [6.07, 6.45) is -4.58. The van der Waals surface area contributed by atoms with Crippen molar-refractivity contribution in [3.63, 3.8) is 0 Å². The number of hydrogen-bond acceptors (Lipinski definition) is 1. The molecular weight excluding hydrogens is 269 g/mol. The number of benzene rings is 1. The molecule has 1 aromatic carbocycles. The van der Waals surface area contributed by atoms with Gasteiger partial charge in [-0.1, -0.05) is 17.7 Å². The van der Waals surface area contributed by atoms with Gasteiger partial charge in [0.2, 0.25) is 0 Å². The highest BCUT2D eigenvalue weighted by molar-refractivity contribution is 6.31. The molecule has 0 fully saturated rings. The Bertz CT molecular complexity index is 642. The van der Waals surface area contributed by atoms with Crippen molar-refractivity contribution in [2.24, 2.45) is 0 Å². The molecule has 0 atom stereocenters. The second-order valence-electron chi connectivity index (χ2n) is 3.77. The first kappa shape index (κ1) is 12.8. The number of rotatable bonds is 1. The first-order valence-corrected chi connectivity index (χ1v) is 5.32. The summed E-state index contributed by atoms with van der Waals surface area (Å²) in [5.74, 6) is 0. The number of hydrogen-bond donors (Lipinski definition) is 1. The molecule has 0 saturated heterocycles. The summed E-state index contributed by atoms with van der Waals surface area (Å²) < 4.78 is 38.1. The maximum atomic E-state index is 12.4. The number of aromatic amines is 1. The van der Waals surface area contributed by atoms with Crippen molar-refractivity contribution in [2.45, 2.75) is 13.1 Å². The van der Waals surface area contributed by atoms with E-state index in [0.29, 0.717) is 11.1 Å². The van der Waals surface area contributed by atoms with Gasteiger partial charge < -0.3 is 0 Å². The summed E-state index contributed by atoms with van der Waals surface area (Å²) >= 11 is 5.86. The highest BCUT2D eigenvalue weighted by Crippen LogP contribution is 2.27. The van der Waals surface area contributed by atoms with Crippen LogP contribution in [0.1, 0.15) is 11.3 Å². The van der Waals surface area contributed by atoms with E-state index < -0.39 is 17.4 Å². The predicted molar refractivity (Wildman–Crippen MR) is 61.1 cm³/mol. The molecule has 0 amide bonds. The van der Waals surface area contributed by atoms with Gasteiger partial charge in [0.05, 0.1) is 5.69 Å². The lowest BCUT2D eigenvalue weighted by molar-refractivity contribution is -0.141. The van der Waals surface area contributed by atoms with Crippen LogP contribution >= 0.6 is 11.6 Å². The first-order chi connectivity index (χ1) is 8.29. The highest BCUT2D eigenvalue weighted by Gasteiger charge is 2.33. The molecule has 1 N–H and O–H groups in total. The number of halogens is 4. The van der Waals surface area contributed by atoms with Crippen LogP contribution in [-0.4, -0.2) is 9.78 Å². The van der Waals surface area contributed by atoms with Gasteiger partial charge in [0.1, 0.15) is 5.69 Å². The Morgan fingerprint density at radius 1 is 1.28 bits per heavy atom. The largest absolute Gasteiger partial charge is 0.432 e. The molecule has 2 aromatic rings.